The molecule has 3 rings (SSSR count). The third-order valence-corrected chi connectivity index (χ3v) is 4.80. The van der Waals surface area contributed by atoms with Crippen molar-refractivity contribution >= 4 is 12.1 Å². The summed E-state index contributed by atoms with van der Waals surface area (Å²) < 4.78 is 50.1. The Hall–Kier alpha value is -4.07. The van der Waals surface area contributed by atoms with Crippen molar-refractivity contribution in [1.82, 2.24) is 5.43 Å². The van der Waals surface area contributed by atoms with Gasteiger partial charge in [-0.3, -0.25) is 4.79 Å². The van der Waals surface area contributed by atoms with Crippen LogP contribution in [0, 0.1) is 0 Å². The van der Waals surface area contributed by atoms with E-state index in [9.17, 15) is 18.0 Å². The molecule has 0 aliphatic heterocycles. The second kappa shape index (κ2) is 11.2. The highest BCUT2D eigenvalue weighted by Gasteiger charge is 2.30. The van der Waals surface area contributed by atoms with E-state index < -0.39 is 17.6 Å². The van der Waals surface area contributed by atoms with E-state index in [1.807, 2.05) is 36.4 Å². The summed E-state index contributed by atoms with van der Waals surface area (Å²) in [5.74, 6) is 0.279. The maximum Gasteiger partial charge on any atom is 0.416 e. The number of carbonyl (C=O) groups excluding carboxylic acids is 1. The predicted octanol–water partition coefficient (Wildman–Crippen LogP) is 5.79. The van der Waals surface area contributed by atoms with Gasteiger partial charge in [-0.15, -0.1) is 6.58 Å². The lowest BCUT2D eigenvalue weighted by Crippen LogP contribution is -2.18. The van der Waals surface area contributed by atoms with Crippen molar-refractivity contribution in [3.05, 3.63) is 107 Å². The monoisotopic (exact) mass is 468 g/mol. The predicted molar refractivity (Wildman–Crippen MR) is 124 cm³/mol. The zero-order valence-electron chi connectivity index (χ0n) is 18.4. The van der Waals surface area contributed by atoms with Crippen LogP contribution in [0.3, 0.4) is 0 Å². The molecule has 0 fully saturated rings. The molecule has 0 aliphatic carbocycles. The minimum Gasteiger partial charge on any atom is -0.493 e. The second-order valence-corrected chi connectivity index (χ2v) is 7.26. The number of allylic oxidation sites excluding steroid dienone is 1. The number of amides is 1. The van der Waals surface area contributed by atoms with Crippen LogP contribution in [0.2, 0.25) is 0 Å². The molecule has 3 aromatic rings. The molecule has 0 aromatic heterocycles. The molecule has 3 aromatic carbocycles. The third kappa shape index (κ3) is 6.48. The van der Waals surface area contributed by atoms with Crippen molar-refractivity contribution in [3.8, 4) is 11.5 Å². The minimum atomic E-state index is -4.54. The van der Waals surface area contributed by atoms with E-state index in [1.165, 1.54) is 25.5 Å². The molecule has 0 saturated heterocycles. The maximum atomic E-state index is 12.9. The molecule has 0 heterocycles. The van der Waals surface area contributed by atoms with Crippen LogP contribution in [0.1, 0.15) is 32.6 Å². The molecule has 1 amide bonds. The lowest BCUT2D eigenvalue weighted by atomic mass is 10.1. The molecule has 0 bridgehead atoms. The van der Waals surface area contributed by atoms with Gasteiger partial charge in [0.05, 0.1) is 18.9 Å². The summed E-state index contributed by atoms with van der Waals surface area (Å²) in [6.45, 7) is 4.13. The Kier molecular flexibility index (Phi) is 8.08. The Morgan fingerprint density at radius 2 is 1.85 bits per heavy atom. The topological polar surface area (TPSA) is 59.9 Å². The Morgan fingerprint density at radius 3 is 2.53 bits per heavy atom. The van der Waals surface area contributed by atoms with Crippen molar-refractivity contribution in [2.75, 3.05) is 7.11 Å². The fraction of sp³-hybridized carbons (Fsp3) is 0.154. The summed E-state index contributed by atoms with van der Waals surface area (Å²) in [6.07, 6.45) is -0.942. The standard InChI is InChI=1S/C26H23F3N2O3/c1-3-8-20-13-19(14-23(33-2)24(20)34-17-18-9-5-4-6-10-18)16-30-31-25(32)21-11-7-12-22(15-21)26(27,28)29/h3-7,9-16H,1,8,17H2,2H3,(H,31,32)/b30-16-. The Labute approximate surface area is 195 Å². The zero-order valence-corrected chi connectivity index (χ0v) is 18.4. The van der Waals surface area contributed by atoms with Gasteiger partial charge in [0.25, 0.3) is 5.91 Å². The Balaban J connectivity index is 1.77. The Bertz CT molecular complexity index is 1180. The van der Waals surface area contributed by atoms with Crippen LogP contribution in [-0.4, -0.2) is 19.2 Å². The molecular weight excluding hydrogens is 445 g/mol. The summed E-state index contributed by atoms with van der Waals surface area (Å²) in [5, 5.41) is 3.88. The van der Waals surface area contributed by atoms with Gasteiger partial charge in [-0.25, -0.2) is 5.43 Å². The van der Waals surface area contributed by atoms with Crippen LogP contribution in [-0.2, 0) is 19.2 Å². The van der Waals surface area contributed by atoms with Crippen molar-refractivity contribution < 1.29 is 27.4 Å². The molecule has 0 unspecified atom stereocenters. The van der Waals surface area contributed by atoms with Crippen LogP contribution in [0.4, 0.5) is 13.2 Å². The molecule has 0 saturated carbocycles. The van der Waals surface area contributed by atoms with Crippen molar-refractivity contribution in [1.29, 1.82) is 0 Å². The summed E-state index contributed by atoms with van der Waals surface area (Å²) in [7, 11) is 1.51. The number of benzene rings is 3. The lowest BCUT2D eigenvalue weighted by Gasteiger charge is -2.16. The minimum absolute atomic E-state index is 0.151. The number of alkyl halides is 3. The molecule has 0 radical (unpaired) electrons. The fourth-order valence-corrected chi connectivity index (χ4v) is 3.18. The number of methoxy groups -OCH3 is 1. The van der Waals surface area contributed by atoms with Gasteiger partial charge < -0.3 is 9.47 Å². The molecule has 0 aliphatic rings. The van der Waals surface area contributed by atoms with Crippen LogP contribution in [0.15, 0.2) is 84.5 Å². The summed E-state index contributed by atoms with van der Waals surface area (Å²) in [5.41, 5.74) is 3.59. The molecule has 0 spiro atoms. The van der Waals surface area contributed by atoms with Gasteiger partial charge in [-0.2, -0.15) is 18.3 Å². The smallest absolute Gasteiger partial charge is 0.416 e. The number of nitrogens with zero attached hydrogens (tertiary/aromatic N) is 1. The van der Waals surface area contributed by atoms with E-state index in [0.29, 0.717) is 30.1 Å². The zero-order chi connectivity index (χ0) is 24.6. The number of ether oxygens (including phenoxy) is 2. The van der Waals surface area contributed by atoms with Crippen molar-refractivity contribution in [2.45, 2.75) is 19.2 Å². The largest absolute Gasteiger partial charge is 0.493 e. The van der Waals surface area contributed by atoms with Gasteiger partial charge in [0.1, 0.15) is 6.61 Å². The first-order valence-corrected chi connectivity index (χ1v) is 10.3. The van der Waals surface area contributed by atoms with Crippen LogP contribution in [0.5, 0.6) is 11.5 Å². The average Bonchev–Trinajstić information content (AvgIpc) is 2.83. The van der Waals surface area contributed by atoms with Crippen LogP contribution < -0.4 is 14.9 Å². The summed E-state index contributed by atoms with van der Waals surface area (Å²) in [4.78, 5) is 12.2. The van der Waals surface area contributed by atoms with Gasteiger partial charge in [0.15, 0.2) is 11.5 Å². The molecule has 8 heteroatoms. The lowest BCUT2D eigenvalue weighted by molar-refractivity contribution is -0.137. The number of hydrazone groups is 1. The number of carbonyl (C=O) groups is 1. The third-order valence-electron chi connectivity index (χ3n) is 4.80. The SMILES string of the molecule is C=CCc1cc(/C=N\NC(=O)c2cccc(C(F)(F)F)c2)cc(OC)c1OCc1ccccc1. The van der Waals surface area contributed by atoms with E-state index in [-0.39, 0.29) is 5.56 Å². The molecule has 5 nitrogen and oxygen atoms in total. The van der Waals surface area contributed by atoms with E-state index in [4.69, 9.17) is 9.47 Å². The van der Waals surface area contributed by atoms with Gasteiger partial charge in [0, 0.05) is 11.1 Å². The Morgan fingerprint density at radius 1 is 1.09 bits per heavy atom. The number of rotatable bonds is 9. The molecule has 1 N–H and O–H groups in total. The number of nitrogens with one attached hydrogen (secondary N) is 1. The van der Waals surface area contributed by atoms with Crippen molar-refractivity contribution in [3.63, 3.8) is 0 Å². The van der Waals surface area contributed by atoms with Crippen LogP contribution in [0.25, 0.3) is 0 Å². The highest BCUT2D eigenvalue weighted by Crippen LogP contribution is 2.34. The number of hydrogen-bond acceptors (Lipinski definition) is 4. The second-order valence-electron chi connectivity index (χ2n) is 7.26. The summed E-state index contributed by atoms with van der Waals surface area (Å²) >= 11 is 0. The highest BCUT2D eigenvalue weighted by molar-refractivity contribution is 5.95. The van der Waals surface area contributed by atoms with E-state index >= 15 is 0 Å². The molecular formula is C26H23F3N2O3. The number of hydrogen-bond donors (Lipinski definition) is 1. The molecule has 34 heavy (non-hydrogen) atoms. The first-order valence-electron chi connectivity index (χ1n) is 10.3. The quantitative estimate of drug-likeness (QED) is 0.246. The van der Waals surface area contributed by atoms with Gasteiger partial charge in [-0.1, -0.05) is 42.5 Å². The maximum absolute atomic E-state index is 12.9. The van der Waals surface area contributed by atoms with Gasteiger partial charge in [-0.05, 0) is 47.9 Å². The van der Waals surface area contributed by atoms with Gasteiger partial charge in [0.2, 0.25) is 0 Å². The first-order chi connectivity index (χ1) is 16.3. The van der Waals surface area contributed by atoms with E-state index in [2.05, 4.69) is 17.1 Å². The van der Waals surface area contributed by atoms with Crippen molar-refractivity contribution in [2.24, 2.45) is 5.10 Å². The summed E-state index contributed by atoms with van der Waals surface area (Å²) in [6, 6.07) is 17.3. The fourth-order valence-electron chi connectivity index (χ4n) is 3.18. The normalized spacial score (nSPS) is 11.3. The van der Waals surface area contributed by atoms with E-state index in [1.54, 1.807) is 12.1 Å². The molecule has 176 valence electrons. The molecule has 0 atom stereocenters. The van der Waals surface area contributed by atoms with Crippen LogP contribution >= 0.6 is 0 Å². The van der Waals surface area contributed by atoms with Gasteiger partial charge >= 0.3 is 6.18 Å². The highest BCUT2D eigenvalue weighted by atomic mass is 19.4. The first kappa shape index (κ1) is 24.6. The average molecular weight is 468 g/mol. The van der Waals surface area contributed by atoms with E-state index in [0.717, 1.165) is 23.3 Å². The number of halogens is 3.